The summed E-state index contributed by atoms with van der Waals surface area (Å²) < 4.78 is 0. The molecule has 1 aromatic carbocycles. The summed E-state index contributed by atoms with van der Waals surface area (Å²) in [6.07, 6.45) is 3.65. The molecule has 0 saturated heterocycles. The summed E-state index contributed by atoms with van der Waals surface area (Å²) in [5, 5.41) is 0. The number of allylic oxidation sites excluding steroid dienone is 1. The van der Waals surface area contributed by atoms with Crippen LogP contribution in [0.25, 0.3) is 6.08 Å². The highest BCUT2D eigenvalue weighted by atomic mass is 16.1. The molecule has 0 radical (unpaired) electrons. The highest BCUT2D eigenvalue weighted by Crippen LogP contribution is 2.12. The van der Waals surface area contributed by atoms with Crippen LogP contribution in [0.4, 0.5) is 0 Å². The standard InChI is InChI=1S/C14H18O/c1-11-5-8-14(9-6-11)10-12(2)4-7-13(3)15/h5-6,8-10H,4,7H2,1-3H3/b12-10+. The van der Waals surface area contributed by atoms with Crippen molar-refractivity contribution < 1.29 is 4.79 Å². The number of rotatable bonds is 4. The Balaban J connectivity index is 2.62. The van der Waals surface area contributed by atoms with E-state index in [1.165, 1.54) is 16.7 Å². The van der Waals surface area contributed by atoms with Gasteiger partial charge in [-0.2, -0.15) is 0 Å². The molecule has 0 atom stereocenters. The summed E-state index contributed by atoms with van der Waals surface area (Å²) in [5.41, 5.74) is 3.74. The third-order valence-electron chi connectivity index (χ3n) is 2.36. The fraction of sp³-hybridized carbons (Fsp3) is 0.357. The van der Waals surface area contributed by atoms with Crippen molar-refractivity contribution in [2.75, 3.05) is 0 Å². The molecule has 0 aliphatic carbocycles. The lowest BCUT2D eigenvalue weighted by atomic mass is 10.1. The van der Waals surface area contributed by atoms with Crippen LogP contribution in [-0.4, -0.2) is 5.78 Å². The molecular formula is C14H18O. The Bertz CT molecular complexity index is 357. The van der Waals surface area contributed by atoms with Gasteiger partial charge in [-0.05, 0) is 32.8 Å². The molecule has 0 bridgehead atoms. The number of benzene rings is 1. The highest BCUT2D eigenvalue weighted by Gasteiger charge is 1.95. The lowest BCUT2D eigenvalue weighted by molar-refractivity contribution is -0.116. The first-order valence-electron chi connectivity index (χ1n) is 5.31. The summed E-state index contributed by atoms with van der Waals surface area (Å²) in [6, 6.07) is 8.41. The van der Waals surface area contributed by atoms with Gasteiger partial charge >= 0.3 is 0 Å². The van der Waals surface area contributed by atoms with Crippen molar-refractivity contribution in [3.8, 4) is 0 Å². The van der Waals surface area contributed by atoms with Crippen LogP contribution in [-0.2, 0) is 4.79 Å². The van der Waals surface area contributed by atoms with Gasteiger partial charge in [0.15, 0.2) is 0 Å². The number of hydrogen-bond donors (Lipinski definition) is 0. The number of Topliss-reactive ketones (excluding diaryl/α,β-unsaturated/α-hetero) is 1. The second-order valence-corrected chi connectivity index (χ2v) is 4.10. The molecule has 0 aromatic heterocycles. The molecule has 0 aliphatic rings. The van der Waals surface area contributed by atoms with Gasteiger partial charge in [0, 0.05) is 6.42 Å². The molecule has 0 saturated carbocycles. The molecule has 0 aliphatic heterocycles. The van der Waals surface area contributed by atoms with Crippen molar-refractivity contribution in [3.63, 3.8) is 0 Å². The van der Waals surface area contributed by atoms with Crippen LogP contribution in [0, 0.1) is 6.92 Å². The Morgan fingerprint density at radius 3 is 2.27 bits per heavy atom. The summed E-state index contributed by atoms with van der Waals surface area (Å²) in [5.74, 6) is 0.256. The number of hydrogen-bond acceptors (Lipinski definition) is 1. The average Bonchev–Trinajstić information content (AvgIpc) is 2.19. The monoisotopic (exact) mass is 202 g/mol. The van der Waals surface area contributed by atoms with E-state index in [-0.39, 0.29) is 5.78 Å². The van der Waals surface area contributed by atoms with E-state index in [1.807, 2.05) is 0 Å². The molecular weight excluding hydrogens is 184 g/mol. The topological polar surface area (TPSA) is 17.1 Å². The maximum Gasteiger partial charge on any atom is 0.130 e. The molecule has 1 heteroatoms. The van der Waals surface area contributed by atoms with Gasteiger partial charge in [0.2, 0.25) is 0 Å². The average molecular weight is 202 g/mol. The molecule has 0 fully saturated rings. The van der Waals surface area contributed by atoms with Gasteiger partial charge in [0.25, 0.3) is 0 Å². The van der Waals surface area contributed by atoms with E-state index in [9.17, 15) is 4.79 Å². The zero-order valence-corrected chi connectivity index (χ0v) is 9.71. The van der Waals surface area contributed by atoms with Crippen LogP contribution >= 0.6 is 0 Å². The minimum Gasteiger partial charge on any atom is -0.300 e. The summed E-state index contributed by atoms with van der Waals surface area (Å²) in [7, 11) is 0. The van der Waals surface area contributed by atoms with Gasteiger partial charge in [-0.3, -0.25) is 0 Å². The zero-order chi connectivity index (χ0) is 11.3. The maximum absolute atomic E-state index is 10.8. The molecule has 0 spiro atoms. The van der Waals surface area contributed by atoms with Crippen LogP contribution in [0.5, 0.6) is 0 Å². The first-order chi connectivity index (χ1) is 7.08. The summed E-state index contributed by atoms with van der Waals surface area (Å²) >= 11 is 0. The van der Waals surface area contributed by atoms with Crippen molar-refractivity contribution >= 4 is 11.9 Å². The number of aryl methyl sites for hydroxylation is 1. The maximum atomic E-state index is 10.8. The van der Waals surface area contributed by atoms with E-state index in [1.54, 1.807) is 6.92 Å². The highest BCUT2D eigenvalue weighted by molar-refractivity contribution is 5.75. The van der Waals surface area contributed by atoms with Crippen LogP contribution in [0.15, 0.2) is 29.8 Å². The number of carbonyl (C=O) groups is 1. The summed E-state index contributed by atoms with van der Waals surface area (Å²) in [4.78, 5) is 10.8. The predicted molar refractivity (Wildman–Crippen MR) is 64.7 cm³/mol. The number of carbonyl (C=O) groups excluding carboxylic acids is 1. The molecule has 1 nitrogen and oxygen atoms in total. The van der Waals surface area contributed by atoms with Crippen molar-refractivity contribution in [2.24, 2.45) is 0 Å². The largest absolute Gasteiger partial charge is 0.300 e. The van der Waals surface area contributed by atoms with Gasteiger partial charge in [-0.1, -0.05) is 41.5 Å². The third kappa shape index (κ3) is 4.59. The molecule has 1 aromatic rings. The van der Waals surface area contributed by atoms with Gasteiger partial charge in [-0.25, -0.2) is 0 Å². The van der Waals surface area contributed by atoms with Crippen LogP contribution in [0.3, 0.4) is 0 Å². The van der Waals surface area contributed by atoms with Crippen LogP contribution in [0.2, 0.25) is 0 Å². The molecule has 15 heavy (non-hydrogen) atoms. The smallest absolute Gasteiger partial charge is 0.130 e. The van der Waals surface area contributed by atoms with Crippen molar-refractivity contribution in [2.45, 2.75) is 33.6 Å². The molecule has 0 unspecified atom stereocenters. The van der Waals surface area contributed by atoms with Gasteiger partial charge in [0.05, 0.1) is 0 Å². The van der Waals surface area contributed by atoms with E-state index in [4.69, 9.17) is 0 Å². The molecule has 0 heterocycles. The quantitative estimate of drug-likeness (QED) is 0.726. The van der Waals surface area contributed by atoms with E-state index in [0.29, 0.717) is 6.42 Å². The van der Waals surface area contributed by atoms with Gasteiger partial charge < -0.3 is 4.79 Å². The summed E-state index contributed by atoms with van der Waals surface area (Å²) in [6.45, 7) is 5.79. The predicted octanol–water partition coefficient (Wildman–Crippen LogP) is 3.77. The minimum atomic E-state index is 0.256. The van der Waals surface area contributed by atoms with Gasteiger partial charge in [0.1, 0.15) is 5.78 Å². The van der Waals surface area contributed by atoms with Crippen LogP contribution in [0.1, 0.15) is 37.8 Å². The van der Waals surface area contributed by atoms with E-state index in [0.717, 1.165) is 6.42 Å². The van der Waals surface area contributed by atoms with Crippen molar-refractivity contribution in [3.05, 3.63) is 41.0 Å². The second kappa shape index (κ2) is 5.50. The Morgan fingerprint density at radius 1 is 1.13 bits per heavy atom. The van der Waals surface area contributed by atoms with Crippen LogP contribution < -0.4 is 0 Å². The van der Waals surface area contributed by atoms with E-state index >= 15 is 0 Å². The lowest BCUT2D eigenvalue weighted by Gasteiger charge is -2.00. The Morgan fingerprint density at radius 2 is 1.73 bits per heavy atom. The van der Waals surface area contributed by atoms with Gasteiger partial charge in [-0.15, -0.1) is 0 Å². The van der Waals surface area contributed by atoms with E-state index in [2.05, 4.69) is 44.2 Å². The fourth-order valence-electron chi connectivity index (χ4n) is 1.39. The molecule has 1 rings (SSSR count). The fourth-order valence-corrected chi connectivity index (χ4v) is 1.39. The molecule has 0 amide bonds. The lowest BCUT2D eigenvalue weighted by Crippen LogP contribution is -1.89. The molecule has 80 valence electrons. The zero-order valence-electron chi connectivity index (χ0n) is 9.71. The van der Waals surface area contributed by atoms with E-state index < -0.39 is 0 Å². The SMILES string of the molecule is CC(=O)CC/C(C)=C/c1ccc(C)cc1. The normalized spacial score (nSPS) is 11.5. The first kappa shape index (κ1) is 11.7. The Hall–Kier alpha value is -1.37. The molecule has 0 N–H and O–H groups in total. The third-order valence-corrected chi connectivity index (χ3v) is 2.36. The minimum absolute atomic E-state index is 0.256. The van der Waals surface area contributed by atoms with Crippen molar-refractivity contribution in [1.82, 2.24) is 0 Å². The Labute approximate surface area is 91.8 Å². The second-order valence-electron chi connectivity index (χ2n) is 4.10. The Kier molecular flexibility index (Phi) is 4.29. The number of ketones is 1. The van der Waals surface area contributed by atoms with Crippen molar-refractivity contribution in [1.29, 1.82) is 0 Å². The first-order valence-corrected chi connectivity index (χ1v) is 5.31.